The van der Waals surface area contributed by atoms with Gasteiger partial charge in [-0.3, -0.25) is 4.79 Å². The molecule has 0 aliphatic heterocycles. The Kier molecular flexibility index (Phi) is 6.09. The highest BCUT2D eigenvalue weighted by Crippen LogP contribution is 2.06. The van der Waals surface area contributed by atoms with Crippen LogP contribution in [0, 0.1) is 0 Å². The average Bonchev–Trinajstić information content (AvgIpc) is 2.40. The zero-order valence-electron chi connectivity index (χ0n) is 11.0. The van der Waals surface area contributed by atoms with Crippen LogP contribution in [-0.2, 0) is 14.3 Å². The van der Waals surface area contributed by atoms with Crippen molar-refractivity contribution in [2.45, 2.75) is 20.0 Å². The molecule has 4 nitrogen and oxygen atoms in total. The molecule has 0 bridgehead atoms. The van der Waals surface area contributed by atoms with Gasteiger partial charge in [0.1, 0.15) is 0 Å². The summed E-state index contributed by atoms with van der Waals surface area (Å²) in [7, 11) is 0. The summed E-state index contributed by atoms with van der Waals surface area (Å²) >= 11 is 0. The number of hydrogen-bond acceptors (Lipinski definition) is 3. The van der Waals surface area contributed by atoms with Crippen LogP contribution in [0.2, 0.25) is 0 Å². The van der Waals surface area contributed by atoms with Crippen molar-refractivity contribution in [1.82, 2.24) is 0 Å². The Morgan fingerprint density at radius 1 is 1.21 bits per heavy atom. The summed E-state index contributed by atoms with van der Waals surface area (Å²) in [6.07, 6.45) is 5.48. The number of allylic oxidation sites excluding steroid dienone is 3. The molecule has 0 radical (unpaired) electrons. The maximum absolute atomic E-state index is 11.8. The lowest BCUT2D eigenvalue weighted by molar-refractivity contribution is -0.148. The van der Waals surface area contributed by atoms with Gasteiger partial charge in [0, 0.05) is 11.8 Å². The zero-order valence-corrected chi connectivity index (χ0v) is 11.0. The van der Waals surface area contributed by atoms with Crippen LogP contribution in [0.5, 0.6) is 0 Å². The Balaban J connectivity index is 2.47. The number of rotatable bonds is 5. The lowest BCUT2D eigenvalue weighted by Gasteiger charge is -2.12. The summed E-state index contributed by atoms with van der Waals surface area (Å²) in [5.41, 5.74) is 0.667. The monoisotopic (exact) mass is 259 g/mol. The second kappa shape index (κ2) is 7.87. The molecule has 100 valence electrons. The van der Waals surface area contributed by atoms with Crippen LogP contribution >= 0.6 is 0 Å². The van der Waals surface area contributed by atoms with Gasteiger partial charge in [0.2, 0.25) is 0 Å². The topological polar surface area (TPSA) is 55.4 Å². The van der Waals surface area contributed by atoms with E-state index in [9.17, 15) is 9.59 Å². The van der Waals surface area contributed by atoms with Crippen LogP contribution < -0.4 is 5.32 Å². The Morgan fingerprint density at radius 3 is 2.53 bits per heavy atom. The van der Waals surface area contributed by atoms with E-state index in [1.165, 1.54) is 13.0 Å². The molecule has 0 aliphatic carbocycles. The van der Waals surface area contributed by atoms with E-state index in [4.69, 9.17) is 4.74 Å². The number of benzene rings is 1. The smallest absolute Gasteiger partial charge is 0.331 e. The predicted molar refractivity (Wildman–Crippen MR) is 74.6 cm³/mol. The molecule has 0 saturated carbocycles. The van der Waals surface area contributed by atoms with Crippen molar-refractivity contribution < 1.29 is 14.3 Å². The van der Waals surface area contributed by atoms with E-state index >= 15 is 0 Å². The van der Waals surface area contributed by atoms with Gasteiger partial charge in [0.15, 0.2) is 6.10 Å². The molecule has 1 rings (SSSR count). The van der Waals surface area contributed by atoms with Crippen molar-refractivity contribution in [1.29, 1.82) is 0 Å². The number of nitrogens with one attached hydrogen (secondary N) is 1. The predicted octanol–water partition coefficient (Wildman–Crippen LogP) is 2.69. The van der Waals surface area contributed by atoms with E-state index in [0.717, 1.165) is 0 Å². The number of para-hydroxylation sites is 1. The van der Waals surface area contributed by atoms with E-state index in [1.54, 1.807) is 30.4 Å². The van der Waals surface area contributed by atoms with E-state index in [0.29, 0.717) is 5.69 Å². The van der Waals surface area contributed by atoms with E-state index < -0.39 is 12.1 Å². The van der Waals surface area contributed by atoms with Crippen molar-refractivity contribution in [3.63, 3.8) is 0 Å². The van der Waals surface area contributed by atoms with Crippen molar-refractivity contribution in [2.75, 3.05) is 5.32 Å². The number of anilines is 1. The largest absolute Gasteiger partial charge is 0.449 e. The van der Waals surface area contributed by atoms with Gasteiger partial charge in [-0.1, -0.05) is 36.4 Å². The Bertz CT molecular complexity index is 477. The van der Waals surface area contributed by atoms with Gasteiger partial charge in [0.05, 0.1) is 0 Å². The minimum atomic E-state index is -0.844. The van der Waals surface area contributed by atoms with Crippen LogP contribution in [0.15, 0.2) is 54.6 Å². The van der Waals surface area contributed by atoms with Crippen molar-refractivity contribution in [3.05, 3.63) is 54.6 Å². The summed E-state index contributed by atoms with van der Waals surface area (Å²) in [6, 6.07) is 9.00. The Hall–Kier alpha value is -2.36. The highest BCUT2D eigenvalue weighted by atomic mass is 16.5. The molecule has 0 saturated heterocycles. The van der Waals surface area contributed by atoms with Crippen LogP contribution in [0.1, 0.15) is 13.8 Å². The fraction of sp³-hybridized carbons (Fsp3) is 0.200. The molecule has 4 heteroatoms. The van der Waals surface area contributed by atoms with Crippen molar-refractivity contribution >= 4 is 17.6 Å². The van der Waals surface area contributed by atoms with E-state index in [-0.39, 0.29) is 5.91 Å². The number of amides is 1. The van der Waals surface area contributed by atoms with Crippen LogP contribution in [0.25, 0.3) is 0 Å². The second-order valence-corrected chi connectivity index (χ2v) is 3.82. The fourth-order valence-corrected chi connectivity index (χ4v) is 1.28. The third kappa shape index (κ3) is 5.68. The Labute approximate surface area is 112 Å². The first-order valence-electron chi connectivity index (χ1n) is 5.99. The highest BCUT2D eigenvalue weighted by Gasteiger charge is 2.16. The number of hydrogen-bond donors (Lipinski definition) is 1. The fourth-order valence-electron chi connectivity index (χ4n) is 1.28. The van der Waals surface area contributed by atoms with Gasteiger partial charge < -0.3 is 10.1 Å². The minimum absolute atomic E-state index is 0.362. The van der Waals surface area contributed by atoms with Crippen LogP contribution in [0.4, 0.5) is 5.69 Å². The second-order valence-electron chi connectivity index (χ2n) is 3.82. The lowest BCUT2D eigenvalue weighted by atomic mass is 10.3. The highest BCUT2D eigenvalue weighted by molar-refractivity contribution is 5.95. The van der Waals surface area contributed by atoms with Crippen molar-refractivity contribution in [3.8, 4) is 0 Å². The molecule has 0 aliphatic rings. The molecule has 0 spiro atoms. The number of ether oxygens (including phenoxy) is 1. The molecule has 1 N–H and O–H groups in total. The van der Waals surface area contributed by atoms with Gasteiger partial charge in [0.25, 0.3) is 5.91 Å². The molecular formula is C15H17NO3. The Morgan fingerprint density at radius 2 is 1.89 bits per heavy atom. The molecule has 1 atom stereocenters. The number of carbonyl (C=O) groups excluding carboxylic acids is 2. The molecule has 1 aromatic rings. The third-order valence-electron chi connectivity index (χ3n) is 2.24. The number of esters is 1. The summed E-state index contributed by atoms with van der Waals surface area (Å²) in [6.45, 7) is 3.37. The quantitative estimate of drug-likeness (QED) is 0.502. The summed E-state index contributed by atoms with van der Waals surface area (Å²) < 4.78 is 4.96. The molecule has 0 unspecified atom stereocenters. The molecular weight excluding hydrogens is 242 g/mol. The summed E-state index contributed by atoms with van der Waals surface area (Å²) in [5.74, 6) is -0.909. The SMILES string of the molecule is C/C=C/C=C/C(=O)O[C@@H](C)C(=O)Nc1ccccc1. The third-order valence-corrected chi connectivity index (χ3v) is 2.24. The zero-order chi connectivity index (χ0) is 14.1. The van der Waals surface area contributed by atoms with Gasteiger partial charge in [-0.15, -0.1) is 0 Å². The van der Waals surface area contributed by atoms with Gasteiger partial charge >= 0.3 is 5.97 Å². The normalized spacial score (nSPS) is 12.5. The summed E-state index contributed by atoms with van der Waals surface area (Å²) in [4.78, 5) is 23.1. The summed E-state index contributed by atoms with van der Waals surface area (Å²) in [5, 5.41) is 2.66. The van der Waals surface area contributed by atoms with E-state index in [2.05, 4.69) is 5.32 Å². The molecule has 19 heavy (non-hydrogen) atoms. The van der Waals surface area contributed by atoms with Gasteiger partial charge in [-0.25, -0.2) is 4.79 Å². The molecule has 1 amide bonds. The average molecular weight is 259 g/mol. The molecule has 1 aromatic carbocycles. The number of carbonyl (C=O) groups is 2. The first-order chi connectivity index (χ1) is 9.13. The van der Waals surface area contributed by atoms with Gasteiger partial charge in [-0.05, 0) is 26.0 Å². The maximum Gasteiger partial charge on any atom is 0.331 e. The van der Waals surface area contributed by atoms with Gasteiger partial charge in [-0.2, -0.15) is 0 Å². The molecule has 0 fully saturated rings. The maximum atomic E-state index is 11.8. The van der Waals surface area contributed by atoms with E-state index in [1.807, 2.05) is 25.1 Å². The molecule has 0 heterocycles. The standard InChI is InChI=1S/C15H17NO3/c1-3-4-6-11-14(17)19-12(2)15(18)16-13-9-7-5-8-10-13/h3-12H,1-2H3,(H,16,18)/b4-3+,11-6+/t12-/m0/s1. The molecule has 0 aromatic heterocycles. The first-order valence-corrected chi connectivity index (χ1v) is 5.99. The van der Waals surface area contributed by atoms with Crippen LogP contribution in [-0.4, -0.2) is 18.0 Å². The lowest BCUT2D eigenvalue weighted by Crippen LogP contribution is -2.29. The van der Waals surface area contributed by atoms with Crippen LogP contribution in [0.3, 0.4) is 0 Å². The minimum Gasteiger partial charge on any atom is -0.449 e. The first kappa shape index (κ1) is 14.7. The van der Waals surface area contributed by atoms with Crippen molar-refractivity contribution in [2.24, 2.45) is 0 Å².